The Labute approximate surface area is 84.3 Å². The molecular weight excluding hydrogens is 216 g/mol. The highest BCUT2D eigenvalue weighted by Gasteiger charge is 2.06. The molecule has 0 fully saturated rings. The Morgan fingerprint density at radius 1 is 1.46 bits per heavy atom. The molecule has 1 aromatic rings. The molecule has 0 spiro atoms. The van der Waals surface area contributed by atoms with E-state index >= 15 is 0 Å². The molecule has 0 aliphatic heterocycles. The quantitative estimate of drug-likeness (QED) is 0.629. The number of benzene rings is 1. The average molecular weight is 224 g/mol. The normalized spacial score (nSPS) is 10.8. The van der Waals surface area contributed by atoms with E-state index in [-0.39, 0.29) is 5.75 Å². The number of anilines is 1. The van der Waals surface area contributed by atoms with Crippen molar-refractivity contribution in [2.75, 3.05) is 11.5 Å². The van der Waals surface area contributed by atoms with Crippen LogP contribution >= 0.6 is 23.4 Å². The molecule has 0 aliphatic carbocycles. The number of thioether (sulfide) groups is 1. The van der Waals surface area contributed by atoms with Crippen LogP contribution in [0.15, 0.2) is 23.1 Å². The van der Waals surface area contributed by atoms with Crippen LogP contribution in [0, 0.1) is 0 Å². The number of halogens is 3. The summed E-state index contributed by atoms with van der Waals surface area (Å²) in [5, 5.41) is 0.506. The van der Waals surface area contributed by atoms with Gasteiger partial charge >= 0.3 is 0 Å². The molecule has 0 amide bonds. The second-order valence-electron chi connectivity index (χ2n) is 2.38. The van der Waals surface area contributed by atoms with Gasteiger partial charge in [0.05, 0.1) is 5.75 Å². The number of alkyl halides is 2. The van der Waals surface area contributed by atoms with E-state index < -0.39 is 6.43 Å². The molecule has 0 heterocycles. The molecule has 2 N–H and O–H groups in total. The van der Waals surface area contributed by atoms with Gasteiger partial charge in [0, 0.05) is 15.6 Å². The lowest BCUT2D eigenvalue weighted by molar-refractivity contribution is 0.177. The number of rotatable bonds is 3. The van der Waals surface area contributed by atoms with Crippen molar-refractivity contribution < 1.29 is 8.78 Å². The molecule has 5 heteroatoms. The summed E-state index contributed by atoms with van der Waals surface area (Å²) < 4.78 is 23.7. The van der Waals surface area contributed by atoms with Gasteiger partial charge in [0.1, 0.15) is 0 Å². The molecule has 0 radical (unpaired) electrons. The lowest BCUT2D eigenvalue weighted by atomic mass is 10.3. The summed E-state index contributed by atoms with van der Waals surface area (Å²) >= 11 is 6.69. The third-order valence-corrected chi connectivity index (χ3v) is 2.66. The molecule has 0 saturated carbocycles. The molecule has 13 heavy (non-hydrogen) atoms. The van der Waals surface area contributed by atoms with Gasteiger partial charge in [-0.2, -0.15) is 0 Å². The fourth-order valence-corrected chi connectivity index (χ4v) is 1.77. The maximum Gasteiger partial charge on any atom is 0.247 e. The van der Waals surface area contributed by atoms with Gasteiger partial charge < -0.3 is 5.73 Å². The summed E-state index contributed by atoms with van der Waals surface area (Å²) in [4.78, 5) is 0.604. The zero-order chi connectivity index (χ0) is 9.84. The van der Waals surface area contributed by atoms with Crippen LogP contribution in [0.3, 0.4) is 0 Å². The van der Waals surface area contributed by atoms with Crippen LogP contribution in [0.2, 0.25) is 5.02 Å². The molecule has 0 bridgehead atoms. The first-order valence-electron chi connectivity index (χ1n) is 3.55. The van der Waals surface area contributed by atoms with Crippen molar-refractivity contribution in [2.45, 2.75) is 11.3 Å². The van der Waals surface area contributed by atoms with Crippen molar-refractivity contribution in [2.24, 2.45) is 0 Å². The smallest absolute Gasteiger partial charge is 0.247 e. The highest BCUT2D eigenvalue weighted by atomic mass is 35.5. The van der Waals surface area contributed by atoms with E-state index in [4.69, 9.17) is 17.3 Å². The molecule has 0 unspecified atom stereocenters. The monoisotopic (exact) mass is 223 g/mol. The van der Waals surface area contributed by atoms with Gasteiger partial charge in [0.2, 0.25) is 6.43 Å². The van der Waals surface area contributed by atoms with Crippen molar-refractivity contribution in [1.82, 2.24) is 0 Å². The number of nitrogens with two attached hydrogens (primary N) is 1. The predicted molar refractivity (Wildman–Crippen MR) is 52.6 cm³/mol. The van der Waals surface area contributed by atoms with Crippen LogP contribution in [0.1, 0.15) is 0 Å². The lowest BCUT2D eigenvalue weighted by Crippen LogP contribution is -1.95. The summed E-state index contributed by atoms with van der Waals surface area (Å²) in [6.45, 7) is 0. The molecular formula is C8H8ClF2NS. The van der Waals surface area contributed by atoms with Crippen molar-refractivity contribution in [1.29, 1.82) is 0 Å². The van der Waals surface area contributed by atoms with Crippen LogP contribution in [-0.2, 0) is 0 Å². The molecule has 1 aromatic carbocycles. The standard InChI is InChI=1S/C8H8ClF2NS/c9-5-1-2-6(12)7(3-5)13-4-8(10)11/h1-3,8H,4,12H2. The minimum Gasteiger partial charge on any atom is -0.398 e. The summed E-state index contributed by atoms with van der Waals surface area (Å²) in [7, 11) is 0. The third kappa shape index (κ3) is 3.40. The van der Waals surface area contributed by atoms with Crippen LogP contribution in [0.25, 0.3) is 0 Å². The zero-order valence-electron chi connectivity index (χ0n) is 6.64. The average Bonchev–Trinajstić information content (AvgIpc) is 2.06. The van der Waals surface area contributed by atoms with E-state index in [1.807, 2.05) is 0 Å². The van der Waals surface area contributed by atoms with Gasteiger partial charge in [-0.1, -0.05) is 11.6 Å². The molecule has 72 valence electrons. The van der Waals surface area contributed by atoms with Gasteiger partial charge in [-0.05, 0) is 18.2 Å². The van der Waals surface area contributed by atoms with Crippen LogP contribution in [-0.4, -0.2) is 12.2 Å². The highest BCUT2D eigenvalue weighted by molar-refractivity contribution is 7.99. The van der Waals surface area contributed by atoms with Crippen LogP contribution in [0.4, 0.5) is 14.5 Å². The molecule has 1 nitrogen and oxygen atoms in total. The van der Waals surface area contributed by atoms with Crippen LogP contribution in [0.5, 0.6) is 0 Å². The molecule has 1 rings (SSSR count). The number of nitrogen functional groups attached to an aromatic ring is 1. The fraction of sp³-hybridized carbons (Fsp3) is 0.250. The SMILES string of the molecule is Nc1ccc(Cl)cc1SCC(F)F. The highest BCUT2D eigenvalue weighted by Crippen LogP contribution is 2.28. The lowest BCUT2D eigenvalue weighted by Gasteiger charge is -2.04. The topological polar surface area (TPSA) is 26.0 Å². The van der Waals surface area contributed by atoms with Gasteiger partial charge in [-0.3, -0.25) is 0 Å². The summed E-state index contributed by atoms with van der Waals surface area (Å²) in [5.74, 6) is -0.259. The Bertz CT molecular complexity index is 293. The Morgan fingerprint density at radius 2 is 2.15 bits per heavy atom. The second kappa shape index (κ2) is 4.67. The molecule has 0 atom stereocenters. The number of hydrogen-bond acceptors (Lipinski definition) is 2. The fourth-order valence-electron chi connectivity index (χ4n) is 0.786. The van der Waals surface area contributed by atoms with Crippen molar-refractivity contribution in [3.05, 3.63) is 23.2 Å². The minimum atomic E-state index is -2.33. The van der Waals surface area contributed by atoms with E-state index in [0.717, 1.165) is 11.8 Å². The van der Waals surface area contributed by atoms with Gasteiger partial charge in [-0.25, -0.2) is 8.78 Å². The van der Waals surface area contributed by atoms with Gasteiger partial charge in [-0.15, -0.1) is 11.8 Å². The molecule has 0 aromatic heterocycles. The zero-order valence-corrected chi connectivity index (χ0v) is 8.21. The largest absolute Gasteiger partial charge is 0.398 e. The third-order valence-electron chi connectivity index (χ3n) is 1.34. The Balaban J connectivity index is 2.70. The summed E-state index contributed by atoms with van der Waals surface area (Å²) in [6.07, 6.45) is -2.33. The second-order valence-corrected chi connectivity index (χ2v) is 3.88. The maximum atomic E-state index is 11.9. The summed E-state index contributed by atoms with van der Waals surface area (Å²) in [6, 6.07) is 4.82. The predicted octanol–water partition coefficient (Wildman–Crippen LogP) is 3.28. The first kappa shape index (κ1) is 10.6. The number of hydrogen-bond donors (Lipinski definition) is 1. The van der Waals surface area contributed by atoms with Crippen molar-refractivity contribution >= 4 is 29.1 Å². The van der Waals surface area contributed by atoms with Crippen LogP contribution < -0.4 is 5.73 Å². The van der Waals surface area contributed by atoms with E-state index in [0.29, 0.717) is 15.6 Å². The van der Waals surface area contributed by atoms with Crippen molar-refractivity contribution in [3.8, 4) is 0 Å². The maximum absolute atomic E-state index is 11.9. The van der Waals surface area contributed by atoms with Gasteiger partial charge in [0.15, 0.2) is 0 Å². The van der Waals surface area contributed by atoms with E-state index in [1.54, 1.807) is 18.2 Å². The Kier molecular flexibility index (Phi) is 3.81. The first-order chi connectivity index (χ1) is 6.09. The van der Waals surface area contributed by atoms with E-state index in [2.05, 4.69) is 0 Å². The molecule has 0 aliphatic rings. The Hall–Kier alpha value is -0.480. The van der Waals surface area contributed by atoms with Crippen molar-refractivity contribution in [3.63, 3.8) is 0 Å². The van der Waals surface area contributed by atoms with E-state index in [1.165, 1.54) is 0 Å². The van der Waals surface area contributed by atoms with Gasteiger partial charge in [0.25, 0.3) is 0 Å². The van der Waals surface area contributed by atoms with E-state index in [9.17, 15) is 8.78 Å². The Morgan fingerprint density at radius 3 is 2.77 bits per heavy atom. The first-order valence-corrected chi connectivity index (χ1v) is 4.92. The molecule has 0 saturated heterocycles. The summed E-state index contributed by atoms with van der Waals surface area (Å²) in [5.41, 5.74) is 6.03. The minimum absolute atomic E-state index is 0.259.